The summed E-state index contributed by atoms with van der Waals surface area (Å²) in [6.45, 7) is 3.03. The zero-order chi connectivity index (χ0) is 19.0. The SMILES string of the molecule is CCCn1c(Cl)nc2c(nc(-c3cnn(C)c3)n2Cc2ccccc2)c1=O. The monoisotopic (exact) mass is 382 g/mol. The molecule has 138 valence electrons. The number of fused-ring (bicyclic) bond motifs is 1. The summed E-state index contributed by atoms with van der Waals surface area (Å²) in [6.07, 6.45) is 4.39. The molecule has 0 amide bonds. The first-order chi connectivity index (χ1) is 13.1. The van der Waals surface area contributed by atoms with Crippen molar-refractivity contribution in [2.24, 2.45) is 7.05 Å². The molecule has 0 bridgehead atoms. The van der Waals surface area contributed by atoms with Gasteiger partial charge in [0, 0.05) is 19.8 Å². The lowest BCUT2D eigenvalue weighted by molar-refractivity contribution is 0.646. The highest BCUT2D eigenvalue weighted by Gasteiger charge is 2.20. The number of hydrogen-bond acceptors (Lipinski definition) is 4. The van der Waals surface area contributed by atoms with Gasteiger partial charge in [0.1, 0.15) is 5.82 Å². The molecule has 3 aromatic heterocycles. The fourth-order valence-electron chi connectivity index (χ4n) is 3.15. The second-order valence-electron chi connectivity index (χ2n) is 6.42. The average molecular weight is 383 g/mol. The molecule has 0 saturated heterocycles. The highest BCUT2D eigenvalue weighted by Crippen LogP contribution is 2.24. The van der Waals surface area contributed by atoms with E-state index in [9.17, 15) is 4.79 Å². The van der Waals surface area contributed by atoms with Gasteiger partial charge in [0.2, 0.25) is 5.28 Å². The molecule has 1 aromatic carbocycles. The fourth-order valence-corrected chi connectivity index (χ4v) is 3.39. The van der Waals surface area contributed by atoms with Gasteiger partial charge in [0.05, 0.1) is 18.3 Å². The minimum Gasteiger partial charge on any atom is -0.304 e. The molecule has 3 heterocycles. The van der Waals surface area contributed by atoms with Crippen molar-refractivity contribution in [3.63, 3.8) is 0 Å². The van der Waals surface area contributed by atoms with E-state index in [1.165, 1.54) is 4.57 Å². The van der Waals surface area contributed by atoms with Gasteiger partial charge in [0.15, 0.2) is 11.2 Å². The van der Waals surface area contributed by atoms with Crippen molar-refractivity contribution in [1.29, 1.82) is 0 Å². The summed E-state index contributed by atoms with van der Waals surface area (Å²) in [7, 11) is 1.84. The van der Waals surface area contributed by atoms with Crippen LogP contribution in [0, 0.1) is 0 Å². The van der Waals surface area contributed by atoms with Gasteiger partial charge in [0.25, 0.3) is 5.56 Å². The Labute approximate surface area is 160 Å². The number of nitrogens with zero attached hydrogens (tertiary/aromatic N) is 6. The van der Waals surface area contributed by atoms with Crippen molar-refractivity contribution >= 4 is 22.8 Å². The van der Waals surface area contributed by atoms with Crippen molar-refractivity contribution in [3.8, 4) is 11.4 Å². The summed E-state index contributed by atoms with van der Waals surface area (Å²) in [5, 5.41) is 4.41. The molecular weight excluding hydrogens is 364 g/mol. The van der Waals surface area contributed by atoms with Crippen LogP contribution < -0.4 is 5.56 Å². The quantitative estimate of drug-likeness (QED) is 0.497. The summed E-state index contributed by atoms with van der Waals surface area (Å²) in [5.74, 6) is 0.650. The third kappa shape index (κ3) is 3.14. The molecular formula is C19H19ClN6O. The average Bonchev–Trinajstić information content (AvgIpc) is 3.24. The predicted molar refractivity (Wildman–Crippen MR) is 105 cm³/mol. The molecule has 0 unspecified atom stereocenters. The largest absolute Gasteiger partial charge is 0.304 e. The molecule has 0 saturated carbocycles. The van der Waals surface area contributed by atoms with E-state index in [4.69, 9.17) is 11.6 Å². The topological polar surface area (TPSA) is 70.5 Å². The third-order valence-electron chi connectivity index (χ3n) is 4.40. The molecule has 0 aliphatic heterocycles. The Bertz CT molecular complexity index is 1160. The Hall–Kier alpha value is -2.93. The highest BCUT2D eigenvalue weighted by molar-refractivity contribution is 6.28. The summed E-state index contributed by atoms with van der Waals surface area (Å²) in [6, 6.07) is 9.98. The Kier molecular flexibility index (Phi) is 4.53. The van der Waals surface area contributed by atoms with Crippen molar-refractivity contribution in [2.45, 2.75) is 26.4 Å². The maximum atomic E-state index is 12.9. The second kappa shape index (κ2) is 7.00. The van der Waals surface area contributed by atoms with Gasteiger partial charge >= 0.3 is 0 Å². The van der Waals surface area contributed by atoms with Crippen LogP contribution in [0.2, 0.25) is 5.28 Å². The molecule has 0 radical (unpaired) electrons. The first-order valence-corrected chi connectivity index (χ1v) is 9.15. The molecule has 0 aliphatic rings. The second-order valence-corrected chi connectivity index (χ2v) is 6.76. The van der Waals surface area contributed by atoms with Crippen LogP contribution in [0.5, 0.6) is 0 Å². The number of imidazole rings is 1. The van der Waals surface area contributed by atoms with Gasteiger partial charge in [-0.05, 0) is 23.6 Å². The van der Waals surface area contributed by atoms with Crippen LogP contribution in [0.3, 0.4) is 0 Å². The summed E-state index contributed by atoms with van der Waals surface area (Å²) in [5.41, 5.74) is 2.49. The normalized spacial score (nSPS) is 11.4. The number of aromatic nitrogens is 6. The minimum absolute atomic E-state index is 0.182. The number of aryl methyl sites for hydroxylation is 1. The Morgan fingerprint density at radius 2 is 1.89 bits per heavy atom. The Morgan fingerprint density at radius 1 is 1.11 bits per heavy atom. The van der Waals surface area contributed by atoms with E-state index in [0.29, 0.717) is 30.1 Å². The first kappa shape index (κ1) is 17.5. The van der Waals surface area contributed by atoms with Crippen molar-refractivity contribution in [3.05, 3.63) is 63.9 Å². The van der Waals surface area contributed by atoms with Crippen molar-refractivity contribution in [2.75, 3.05) is 0 Å². The minimum atomic E-state index is -0.219. The highest BCUT2D eigenvalue weighted by atomic mass is 35.5. The maximum Gasteiger partial charge on any atom is 0.282 e. The standard InChI is InChI=1S/C19H19ClN6O/c1-3-9-25-18(27)15-17(23-19(25)20)26(11-13-7-5-4-6-8-13)16(22-15)14-10-21-24(2)12-14/h4-8,10,12H,3,9,11H2,1-2H3. The van der Waals surface area contributed by atoms with Crippen LogP contribution in [0.1, 0.15) is 18.9 Å². The third-order valence-corrected chi connectivity index (χ3v) is 4.69. The molecule has 4 rings (SSSR count). The van der Waals surface area contributed by atoms with Crippen LogP contribution in [0.4, 0.5) is 0 Å². The van der Waals surface area contributed by atoms with Crippen LogP contribution in [0.25, 0.3) is 22.6 Å². The molecule has 0 N–H and O–H groups in total. The van der Waals surface area contributed by atoms with E-state index in [2.05, 4.69) is 15.1 Å². The van der Waals surface area contributed by atoms with Crippen LogP contribution in [0.15, 0.2) is 47.5 Å². The van der Waals surface area contributed by atoms with E-state index in [1.54, 1.807) is 10.9 Å². The van der Waals surface area contributed by atoms with Gasteiger partial charge in [-0.2, -0.15) is 10.1 Å². The zero-order valence-corrected chi connectivity index (χ0v) is 15.9. The molecule has 0 spiro atoms. The number of halogens is 1. The van der Waals surface area contributed by atoms with Crippen molar-refractivity contribution in [1.82, 2.24) is 28.9 Å². The van der Waals surface area contributed by atoms with Crippen molar-refractivity contribution < 1.29 is 0 Å². The smallest absolute Gasteiger partial charge is 0.282 e. The first-order valence-electron chi connectivity index (χ1n) is 8.78. The molecule has 0 fully saturated rings. The van der Waals surface area contributed by atoms with Crippen LogP contribution in [-0.2, 0) is 20.1 Å². The van der Waals surface area contributed by atoms with E-state index >= 15 is 0 Å². The van der Waals surface area contributed by atoms with Gasteiger partial charge < -0.3 is 4.57 Å². The van der Waals surface area contributed by atoms with E-state index in [1.807, 2.05) is 55.1 Å². The molecule has 4 aromatic rings. The van der Waals surface area contributed by atoms with E-state index < -0.39 is 0 Å². The van der Waals surface area contributed by atoms with Gasteiger partial charge in [-0.1, -0.05) is 37.3 Å². The maximum absolute atomic E-state index is 12.9. The molecule has 0 aliphatic carbocycles. The number of benzene rings is 1. The zero-order valence-electron chi connectivity index (χ0n) is 15.1. The van der Waals surface area contributed by atoms with Crippen LogP contribution >= 0.6 is 11.6 Å². The predicted octanol–water partition coefficient (Wildman–Crippen LogP) is 3.11. The summed E-state index contributed by atoms with van der Waals surface area (Å²) >= 11 is 6.32. The van der Waals surface area contributed by atoms with Gasteiger partial charge in [-0.25, -0.2) is 4.98 Å². The molecule has 7 nitrogen and oxygen atoms in total. The number of hydrogen-bond donors (Lipinski definition) is 0. The molecule has 0 atom stereocenters. The summed E-state index contributed by atoms with van der Waals surface area (Å²) in [4.78, 5) is 22.1. The lowest BCUT2D eigenvalue weighted by Gasteiger charge is -2.09. The molecule has 8 heteroatoms. The lowest BCUT2D eigenvalue weighted by Crippen LogP contribution is -2.22. The Balaban J connectivity index is 1.98. The van der Waals surface area contributed by atoms with E-state index in [-0.39, 0.29) is 10.8 Å². The van der Waals surface area contributed by atoms with E-state index in [0.717, 1.165) is 17.5 Å². The van der Waals surface area contributed by atoms with Crippen LogP contribution in [-0.4, -0.2) is 28.9 Å². The molecule has 27 heavy (non-hydrogen) atoms. The van der Waals surface area contributed by atoms with Gasteiger partial charge in [-0.15, -0.1) is 0 Å². The summed E-state index contributed by atoms with van der Waals surface area (Å²) < 4.78 is 5.10. The number of rotatable bonds is 5. The Morgan fingerprint density at radius 3 is 2.56 bits per heavy atom. The van der Waals surface area contributed by atoms with Gasteiger partial charge in [-0.3, -0.25) is 14.0 Å². The fraction of sp³-hybridized carbons (Fsp3) is 0.263. The lowest BCUT2D eigenvalue weighted by atomic mass is 10.2.